The third-order valence-electron chi connectivity index (χ3n) is 6.68. The number of aryl methyl sites for hydroxylation is 1. The van der Waals surface area contributed by atoms with Crippen LogP contribution in [0, 0.1) is 34.9 Å². The fourth-order valence-corrected chi connectivity index (χ4v) is 5.64. The zero-order valence-electron chi connectivity index (χ0n) is 21.5. The summed E-state index contributed by atoms with van der Waals surface area (Å²) in [7, 11) is 0. The Morgan fingerprint density at radius 1 is 0.650 bits per heavy atom. The van der Waals surface area contributed by atoms with Crippen molar-refractivity contribution >= 4 is 21.4 Å². The summed E-state index contributed by atoms with van der Waals surface area (Å²) in [6.07, 6.45) is 4.46. The van der Waals surface area contributed by atoms with Gasteiger partial charge in [-0.1, -0.05) is 50.1 Å². The van der Waals surface area contributed by atoms with E-state index in [1.807, 2.05) is 24.3 Å². The van der Waals surface area contributed by atoms with Crippen molar-refractivity contribution in [2.45, 2.75) is 39.2 Å². The number of ether oxygens (including phenoxy) is 1. The number of thiophene rings is 1. The molecule has 0 aliphatic rings. The maximum Gasteiger partial charge on any atom is 0.194 e. The van der Waals surface area contributed by atoms with Gasteiger partial charge < -0.3 is 4.74 Å². The summed E-state index contributed by atoms with van der Waals surface area (Å²) in [6, 6.07) is 16.7. The van der Waals surface area contributed by atoms with E-state index in [2.05, 4.69) is 6.92 Å². The van der Waals surface area contributed by atoms with E-state index in [1.165, 1.54) is 24.1 Å². The average Bonchev–Trinajstić information content (AvgIpc) is 3.36. The molecule has 0 unspecified atom stereocenters. The summed E-state index contributed by atoms with van der Waals surface area (Å²) in [5, 5.41) is 0.211. The number of halogens is 6. The number of unbranched alkanes of at least 4 members (excludes halogenated alkanes) is 2. The van der Waals surface area contributed by atoms with Crippen LogP contribution in [0.15, 0.2) is 66.7 Å². The van der Waals surface area contributed by atoms with Gasteiger partial charge in [0.1, 0.15) is 12.4 Å². The van der Waals surface area contributed by atoms with Gasteiger partial charge in [0.25, 0.3) is 0 Å². The van der Waals surface area contributed by atoms with Crippen molar-refractivity contribution in [3.05, 3.63) is 113 Å². The molecule has 0 aliphatic heterocycles. The maximum atomic E-state index is 15.2. The lowest BCUT2D eigenvalue weighted by Crippen LogP contribution is -2.02. The Bertz CT molecular complexity index is 1650. The Hall–Kier alpha value is -3.78. The molecule has 1 aromatic heterocycles. The second kappa shape index (κ2) is 11.8. The first-order chi connectivity index (χ1) is 19.2. The Morgan fingerprint density at radius 2 is 1.35 bits per heavy atom. The molecule has 1 nitrogen and oxygen atoms in total. The van der Waals surface area contributed by atoms with Crippen LogP contribution in [-0.2, 0) is 13.0 Å². The second-order valence-electron chi connectivity index (χ2n) is 9.54. The Balaban J connectivity index is 1.38. The number of hydrogen-bond acceptors (Lipinski definition) is 2. The van der Waals surface area contributed by atoms with Crippen LogP contribution in [0.4, 0.5) is 26.3 Å². The van der Waals surface area contributed by atoms with E-state index in [0.717, 1.165) is 42.2 Å². The zero-order valence-corrected chi connectivity index (χ0v) is 22.3. The van der Waals surface area contributed by atoms with Crippen molar-refractivity contribution in [2.75, 3.05) is 0 Å². The molecule has 0 aliphatic carbocycles. The minimum absolute atomic E-state index is 0.0324. The topological polar surface area (TPSA) is 9.23 Å². The molecule has 0 saturated heterocycles. The van der Waals surface area contributed by atoms with Crippen LogP contribution >= 0.6 is 11.3 Å². The lowest BCUT2D eigenvalue weighted by atomic mass is 10.00. The van der Waals surface area contributed by atoms with Crippen molar-refractivity contribution in [1.82, 2.24) is 0 Å². The molecular formula is C32H24F6OS. The molecule has 5 aromatic rings. The van der Waals surface area contributed by atoms with Crippen LogP contribution in [0.1, 0.15) is 37.3 Å². The fraction of sp³-hybridized carbons (Fsp3) is 0.188. The van der Waals surface area contributed by atoms with Gasteiger partial charge in [0.15, 0.2) is 34.8 Å². The predicted octanol–water partition coefficient (Wildman–Crippen LogP) is 10.4. The fourth-order valence-electron chi connectivity index (χ4n) is 4.54. The standard InChI is InChI=1S/C32H24F6OS/c1-2-3-4-5-18-6-8-20(9-7-18)21-10-11-23(24(33)14-21)28-16-22-15-27(36)31(30(38)32(22)40-28)39-17-19-12-25(34)29(37)26(35)13-19/h6-16H,2-5,17H2,1H3. The smallest absolute Gasteiger partial charge is 0.194 e. The van der Waals surface area contributed by atoms with E-state index in [4.69, 9.17) is 4.74 Å². The predicted molar refractivity (Wildman–Crippen MR) is 146 cm³/mol. The van der Waals surface area contributed by atoms with Gasteiger partial charge in [-0.2, -0.15) is 0 Å². The van der Waals surface area contributed by atoms with Gasteiger partial charge in [-0.15, -0.1) is 11.3 Å². The molecular weight excluding hydrogens is 546 g/mol. The van der Waals surface area contributed by atoms with Crippen molar-refractivity contribution in [3.63, 3.8) is 0 Å². The van der Waals surface area contributed by atoms with Crippen LogP contribution < -0.4 is 4.74 Å². The minimum Gasteiger partial charge on any atom is -0.483 e. The SMILES string of the molecule is CCCCCc1ccc(-c2ccc(-c3cc4cc(F)c(OCc5cc(F)c(F)c(F)c5)c(F)c4s3)c(F)c2)cc1. The third kappa shape index (κ3) is 5.72. The molecule has 206 valence electrons. The molecule has 4 aromatic carbocycles. The average molecular weight is 571 g/mol. The van der Waals surface area contributed by atoms with Gasteiger partial charge in [-0.05, 0) is 76.9 Å². The summed E-state index contributed by atoms with van der Waals surface area (Å²) in [6.45, 7) is 1.56. The number of benzene rings is 4. The van der Waals surface area contributed by atoms with E-state index in [-0.39, 0.29) is 21.2 Å². The van der Waals surface area contributed by atoms with Gasteiger partial charge in [0.05, 0.1) is 4.70 Å². The van der Waals surface area contributed by atoms with Crippen LogP contribution in [0.25, 0.3) is 31.7 Å². The molecule has 0 radical (unpaired) electrons. The first-order valence-corrected chi connectivity index (χ1v) is 13.6. The second-order valence-corrected chi connectivity index (χ2v) is 10.6. The summed E-state index contributed by atoms with van der Waals surface area (Å²) in [5.41, 5.74) is 2.89. The monoisotopic (exact) mass is 570 g/mol. The number of hydrogen-bond donors (Lipinski definition) is 0. The van der Waals surface area contributed by atoms with Crippen LogP contribution in [0.3, 0.4) is 0 Å². The van der Waals surface area contributed by atoms with E-state index < -0.39 is 47.3 Å². The van der Waals surface area contributed by atoms with Gasteiger partial charge in [-0.25, -0.2) is 26.3 Å². The Labute approximate surface area is 231 Å². The molecule has 0 atom stereocenters. The van der Waals surface area contributed by atoms with Gasteiger partial charge in [0, 0.05) is 10.4 Å². The van der Waals surface area contributed by atoms with Crippen molar-refractivity contribution in [3.8, 4) is 27.3 Å². The number of fused-ring (bicyclic) bond motifs is 1. The quantitative estimate of drug-likeness (QED) is 0.0973. The molecule has 1 heterocycles. The minimum atomic E-state index is -1.65. The van der Waals surface area contributed by atoms with Crippen LogP contribution in [0.5, 0.6) is 5.75 Å². The molecule has 0 saturated carbocycles. The molecule has 5 rings (SSSR count). The maximum absolute atomic E-state index is 15.2. The van der Waals surface area contributed by atoms with Gasteiger partial charge in [-0.3, -0.25) is 0 Å². The van der Waals surface area contributed by atoms with Gasteiger partial charge in [0.2, 0.25) is 0 Å². The van der Waals surface area contributed by atoms with Crippen LogP contribution in [-0.4, -0.2) is 0 Å². The molecule has 0 bridgehead atoms. The van der Waals surface area contributed by atoms with Gasteiger partial charge >= 0.3 is 0 Å². The third-order valence-corrected chi connectivity index (χ3v) is 7.85. The highest BCUT2D eigenvalue weighted by molar-refractivity contribution is 7.22. The summed E-state index contributed by atoms with van der Waals surface area (Å²) in [5.74, 6) is -7.84. The van der Waals surface area contributed by atoms with Crippen molar-refractivity contribution < 1.29 is 31.1 Å². The molecule has 0 spiro atoms. The first-order valence-electron chi connectivity index (χ1n) is 12.8. The Kier molecular flexibility index (Phi) is 8.17. The van der Waals surface area contributed by atoms with E-state index in [1.54, 1.807) is 12.1 Å². The first kappa shape index (κ1) is 27.8. The van der Waals surface area contributed by atoms with E-state index >= 15 is 8.78 Å². The summed E-state index contributed by atoms with van der Waals surface area (Å²) in [4.78, 5) is 0.392. The molecule has 0 fully saturated rings. The molecule has 40 heavy (non-hydrogen) atoms. The highest BCUT2D eigenvalue weighted by Crippen LogP contribution is 2.41. The Morgan fingerprint density at radius 3 is 2.02 bits per heavy atom. The largest absolute Gasteiger partial charge is 0.483 e. The van der Waals surface area contributed by atoms with Crippen molar-refractivity contribution in [2.24, 2.45) is 0 Å². The normalized spacial score (nSPS) is 11.4. The number of rotatable bonds is 9. The molecule has 0 amide bonds. The highest BCUT2D eigenvalue weighted by Gasteiger charge is 2.20. The van der Waals surface area contributed by atoms with Crippen molar-refractivity contribution in [1.29, 1.82) is 0 Å². The lowest BCUT2D eigenvalue weighted by molar-refractivity contribution is 0.274. The van der Waals surface area contributed by atoms with Crippen LogP contribution in [0.2, 0.25) is 0 Å². The summed E-state index contributed by atoms with van der Waals surface area (Å²) < 4.78 is 90.5. The molecule has 8 heteroatoms. The summed E-state index contributed by atoms with van der Waals surface area (Å²) >= 11 is 0.924. The highest BCUT2D eigenvalue weighted by atomic mass is 32.1. The molecule has 0 N–H and O–H groups in total. The van der Waals surface area contributed by atoms with E-state index in [9.17, 15) is 17.6 Å². The van der Waals surface area contributed by atoms with E-state index in [0.29, 0.717) is 22.6 Å². The lowest BCUT2D eigenvalue weighted by Gasteiger charge is -2.09. The zero-order chi connectivity index (χ0) is 28.4.